The van der Waals surface area contributed by atoms with E-state index in [1.54, 1.807) is 18.5 Å². The van der Waals surface area contributed by atoms with Crippen molar-refractivity contribution in [3.63, 3.8) is 0 Å². The molecule has 14 heavy (non-hydrogen) atoms. The molecule has 0 aromatic carbocycles. The number of fused-ring (bicyclic) bond motifs is 1. The smallest absolute Gasteiger partial charge is 0.341 e. The molecule has 0 radical (unpaired) electrons. The van der Waals surface area contributed by atoms with Gasteiger partial charge in [0.25, 0.3) is 0 Å². The number of ether oxygens (including phenoxy) is 1. The molecule has 0 aliphatic rings. The average molecular weight is 192 g/mol. The number of aromatic nitrogens is 2. The molecule has 72 valence electrons. The van der Waals surface area contributed by atoms with Gasteiger partial charge in [0.05, 0.1) is 18.8 Å². The molecule has 5 heteroatoms. The Morgan fingerprint density at radius 3 is 3.07 bits per heavy atom. The lowest BCUT2D eigenvalue weighted by molar-refractivity contribution is 0.0695. The number of nitrogens with one attached hydrogen (secondary N) is 1. The largest absolute Gasteiger partial charge is 0.480 e. The number of carbonyl (C=O) groups is 1. The molecule has 0 aliphatic carbocycles. The molecule has 2 aromatic rings. The molecular formula is C9H8N2O3. The van der Waals surface area contributed by atoms with Crippen LogP contribution in [0, 0.1) is 0 Å². The Bertz CT molecular complexity index is 490. The molecular weight excluding hydrogens is 184 g/mol. The number of carboxylic acids is 1. The van der Waals surface area contributed by atoms with Gasteiger partial charge in [-0.05, 0) is 6.07 Å². The summed E-state index contributed by atoms with van der Waals surface area (Å²) in [4.78, 5) is 17.7. The Labute approximate surface area is 79.3 Å². The lowest BCUT2D eigenvalue weighted by Crippen LogP contribution is -2.02. The van der Waals surface area contributed by atoms with E-state index in [1.807, 2.05) is 0 Å². The fourth-order valence-corrected chi connectivity index (χ4v) is 1.37. The van der Waals surface area contributed by atoms with Crippen molar-refractivity contribution in [1.82, 2.24) is 9.97 Å². The maximum absolute atomic E-state index is 11.0. The van der Waals surface area contributed by atoms with E-state index in [1.165, 1.54) is 7.11 Å². The summed E-state index contributed by atoms with van der Waals surface area (Å²) in [5, 5.41) is 9.58. The summed E-state index contributed by atoms with van der Waals surface area (Å²) in [6.45, 7) is 0. The van der Waals surface area contributed by atoms with E-state index in [4.69, 9.17) is 9.84 Å². The van der Waals surface area contributed by atoms with Crippen LogP contribution in [0.2, 0.25) is 0 Å². The first kappa shape index (κ1) is 8.55. The van der Waals surface area contributed by atoms with Gasteiger partial charge in [0.2, 0.25) is 5.88 Å². The number of nitrogens with zero attached hydrogens (tertiary/aromatic N) is 1. The molecule has 0 fully saturated rings. The van der Waals surface area contributed by atoms with E-state index in [0.717, 1.165) is 0 Å². The van der Waals surface area contributed by atoms with E-state index >= 15 is 0 Å². The van der Waals surface area contributed by atoms with Gasteiger partial charge in [-0.1, -0.05) is 0 Å². The van der Waals surface area contributed by atoms with Crippen LogP contribution in [0.15, 0.2) is 18.5 Å². The third-order valence-corrected chi connectivity index (χ3v) is 1.98. The van der Waals surface area contributed by atoms with Crippen LogP contribution in [0.4, 0.5) is 0 Å². The molecule has 0 saturated carbocycles. The third-order valence-electron chi connectivity index (χ3n) is 1.98. The Kier molecular flexibility index (Phi) is 1.85. The number of hydrogen-bond acceptors (Lipinski definition) is 3. The Morgan fingerprint density at radius 2 is 2.43 bits per heavy atom. The van der Waals surface area contributed by atoms with Crippen molar-refractivity contribution in [3.8, 4) is 5.88 Å². The number of rotatable bonds is 2. The summed E-state index contributed by atoms with van der Waals surface area (Å²) < 4.78 is 4.88. The normalized spacial score (nSPS) is 10.4. The van der Waals surface area contributed by atoms with Gasteiger partial charge in [-0.3, -0.25) is 0 Å². The second-order valence-electron chi connectivity index (χ2n) is 2.75. The minimum absolute atomic E-state index is 0.0891. The minimum atomic E-state index is -1.04. The topological polar surface area (TPSA) is 75.2 Å². The molecule has 0 amide bonds. The molecule has 0 unspecified atom stereocenters. The summed E-state index contributed by atoms with van der Waals surface area (Å²) in [7, 11) is 1.40. The number of methoxy groups -OCH3 is 1. The van der Waals surface area contributed by atoms with Crippen LogP contribution in [-0.2, 0) is 0 Å². The molecule has 5 nitrogen and oxygen atoms in total. The first-order chi connectivity index (χ1) is 6.74. The summed E-state index contributed by atoms with van der Waals surface area (Å²) in [5.74, 6) is -0.913. The van der Waals surface area contributed by atoms with Gasteiger partial charge in [-0.2, -0.15) is 0 Å². The number of pyridine rings is 1. The fourth-order valence-electron chi connectivity index (χ4n) is 1.37. The van der Waals surface area contributed by atoms with Crippen LogP contribution in [0.5, 0.6) is 5.88 Å². The number of carboxylic acid groups (broad SMARTS) is 1. The zero-order valence-corrected chi connectivity index (χ0v) is 7.44. The van der Waals surface area contributed by atoms with Crippen molar-refractivity contribution < 1.29 is 14.6 Å². The van der Waals surface area contributed by atoms with E-state index in [0.29, 0.717) is 10.9 Å². The molecule has 2 heterocycles. The van der Waals surface area contributed by atoms with Crippen LogP contribution < -0.4 is 4.74 Å². The Balaban J connectivity index is 2.82. The lowest BCUT2D eigenvalue weighted by atomic mass is 10.2. The number of hydrogen-bond donors (Lipinski definition) is 2. The predicted molar refractivity (Wildman–Crippen MR) is 49.6 cm³/mol. The van der Waals surface area contributed by atoms with Gasteiger partial charge in [0.15, 0.2) is 0 Å². The fraction of sp³-hybridized carbons (Fsp3) is 0.111. The predicted octanol–water partition coefficient (Wildman–Crippen LogP) is 1.27. The summed E-state index contributed by atoms with van der Waals surface area (Å²) in [6, 6.07) is 1.68. The van der Waals surface area contributed by atoms with Crippen molar-refractivity contribution in [3.05, 3.63) is 24.0 Å². The molecule has 0 atom stereocenters. The van der Waals surface area contributed by atoms with Gasteiger partial charge in [0, 0.05) is 11.6 Å². The quantitative estimate of drug-likeness (QED) is 0.751. The second kappa shape index (κ2) is 3.02. The van der Waals surface area contributed by atoms with Crippen molar-refractivity contribution in [2.24, 2.45) is 0 Å². The molecule has 0 bridgehead atoms. The Morgan fingerprint density at radius 1 is 1.64 bits per heavy atom. The van der Waals surface area contributed by atoms with Crippen molar-refractivity contribution in [2.45, 2.75) is 0 Å². The number of aromatic amines is 1. The van der Waals surface area contributed by atoms with Crippen LogP contribution in [0.25, 0.3) is 10.9 Å². The average Bonchev–Trinajstić information content (AvgIpc) is 2.62. The summed E-state index contributed by atoms with van der Waals surface area (Å²) in [5.41, 5.74) is 0.773. The first-order valence-electron chi connectivity index (χ1n) is 3.97. The monoisotopic (exact) mass is 192 g/mol. The van der Waals surface area contributed by atoms with Crippen LogP contribution in [-0.4, -0.2) is 28.2 Å². The maximum Gasteiger partial charge on any atom is 0.341 e. The zero-order valence-electron chi connectivity index (χ0n) is 7.44. The molecule has 0 spiro atoms. The minimum Gasteiger partial charge on any atom is -0.480 e. The molecule has 2 N–H and O–H groups in total. The number of H-pyrrole nitrogens is 1. The third kappa shape index (κ3) is 1.10. The first-order valence-corrected chi connectivity index (χ1v) is 3.97. The van der Waals surface area contributed by atoms with E-state index in [-0.39, 0.29) is 11.4 Å². The molecule has 2 rings (SSSR count). The highest BCUT2D eigenvalue weighted by Crippen LogP contribution is 2.24. The van der Waals surface area contributed by atoms with E-state index < -0.39 is 5.97 Å². The van der Waals surface area contributed by atoms with E-state index in [9.17, 15) is 4.79 Å². The van der Waals surface area contributed by atoms with Crippen molar-refractivity contribution in [2.75, 3.05) is 7.11 Å². The van der Waals surface area contributed by atoms with Gasteiger partial charge in [-0.25, -0.2) is 9.78 Å². The number of aromatic carboxylic acids is 1. The van der Waals surface area contributed by atoms with Gasteiger partial charge >= 0.3 is 5.97 Å². The zero-order chi connectivity index (χ0) is 10.1. The van der Waals surface area contributed by atoms with Gasteiger partial charge in [-0.15, -0.1) is 0 Å². The lowest BCUT2D eigenvalue weighted by Gasteiger charge is -2.03. The van der Waals surface area contributed by atoms with Crippen LogP contribution >= 0.6 is 0 Å². The van der Waals surface area contributed by atoms with Gasteiger partial charge in [0.1, 0.15) is 5.56 Å². The highest BCUT2D eigenvalue weighted by molar-refractivity contribution is 6.04. The highest BCUT2D eigenvalue weighted by atomic mass is 16.5. The van der Waals surface area contributed by atoms with E-state index in [2.05, 4.69) is 9.97 Å². The standard InChI is InChI=1S/C9H8N2O3/c1-14-8-7(9(12)13)5-2-3-10-6(5)4-11-8/h2-4,10H,1H3,(H,12,13). The maximum atomic E-state index is 11.0. The SMILES string of the molecule is COc1ncc2[nH]ccc2c1C(=O)O. The summed E-state index contributed by atoms with van der Waals surface area (Å²) in [6.07, 6.45) is 3.21. The highest BCUT2D eigenvalue weighted by Gasteiger charge is 2.16. The van der Waals surface area contributed by atoms with Crippen LogP contribution in [0.1, 0.15) is 10.4 Å². The molecule has 2 aromatic heterocycles. The van der Waals surface area contributed by atoms with Gasteiger partial charge < -0.3 is 14.8 Å². The van der Waals surface area contributed by atoms with Crippen molar-refractivity contribution in [1.29, 1.82) is 0 Å². The van der Waals surface area contributed by atoms with Crippen molar-refractivity contribution >= 4 is 16.9 Å². The Hall–Kier alpha value is -2.04. The van der Waals surface area contributed by atoms with Crippen LogP contribution in [0.3, 0.4) is 0 Å². The molecule has 0 saturated heterocycles. The molecule has 0 aliphatic heterocycles. The second-order valence-corrected chi connectivity index (χ2v) is 2.75. The summed E-state index contributed by atoms with van der Waals surface area (Å²) >= 11 is 0.